The summed E-state index contributed by atoms with van der Waals surface area (Å²) in [6.07, 6.45) is 5.52. The summed E-state index contributed by atoms with van der Waals surface area (Å²) in [5.41, 5.74) is 3.87. The van der Waals surface area contributed by atoms with Crippen LogP contribution < -0.4 is 15.8 Å². The fraction of sp³-hybridized carbons (Fsp3) is 0.444. The highest BCUT2D eigenvalue weighted by Crippen LogP contribution is 2.17. The van der Waals surface area contributed by atoms with Gasteiger partial charge < -0.3 is 5.32 Å². The molecule has 1 aromatic carbocycles. The van der Waals surface area contributed by atoms with Gasteiger partial charge in [-0.15, -0.1) is 0 Å². The largest absolute Gasteiger partial charge is 0.319 e. The van der Waals surface area contributed by atoms with Crippen molar-refractivity contribution in [1.29, 1.82) is 0 Å². The third-order valence-corrected chi connectivity index (χ3v) is 3.55. The van der Waals surface area contributed by atoms with Crippen molar-refractivity contribution >= 4 is 12.2 Å². The topological polar surface area (TPSA) is 12.0 Å². The van der Waals surface area contributed by atoms with Gasteiger partial charge in [-0.1, -0.05) is 43.4 Å². The first-order valence-corrected chi connectivity index (χ1v) is 7.12. The number of allylic oxidation sites excluding steroid dienone is 1. The van der Waals surface area contributed by atoms with Crippen molar-refractivity contribution in [2.45, 2.75) is 40.0 Å². The van der Waals surface area contributed by atoms with Crippen LogP contribution in [0.15, 0.2) is 24.3 Å². The van der Waals surface area contributed by atoms with Crippen LogP contribution in [0.5, 0.6) is 0 Å². The SMILES string of the molecule is C=C(C)/C=c1/cc(C(CC)CNC)cc(C)/c1=C/C. The quantitative estimate of drug-likeness (QED) is 0.855. The number of hydrogen-bond acceptors (Lipinski definition) is 1. The number of nitrogens with one attached hydrogen (secondary N) is 1. The average Bonchev–Trinajstić information content (AvgIpc) is 2.34. The molecule has 1 N–H and O–H groups in total. The maximum Gasteiger partial charge on any atom is 0.00170 e. The van der Waals surface area contributed by atoms with Crippen LogP contribution in [0.3, 0.4) is 0 Å². The summed E-state index contributed by atoms with van der Waals surface area (Å²) < 4.78 is 0. The summed E-state index contributed by atoms with van der Waals surface area (Å²) in [7, 11) is 2.02. The van der Waals surface area contributed by atoms with Crippen LogP contribution >= 0.6 is 0 Å². The van der Waals surface area contributed by atoms with E-state index in [1.807, 2.05) is 14.0 Å². The molecular weight excluding hydrogens is 230 g/mol. The lowest BCUT2D eigenvalue weighted by atomic mass is 9.93. The first kappa shape index (κ1) is 15.7. The van der Waals surface area contributed by atoms with Gasteiger partial charge in [0.15, 0.2) is 0 Å². The lowest BCUT2D eigenvalue weighted by Gasteiger charge is -2.16. The Hall–Kier alpha value is -1.34. The van der Waals surface area contributed by atoms with Crippen molar-refractivity contribution in [3.63, 3.8) is 0 Å². The summed E-state index contributed by atoms with van der Waals surface area (Å²) in [5.74, 6) is 0.576. The van der Waals surface area contributed by atoms with Crippen LogP contribution in [0.1, 0.15) is 44.2 Å². The summed E-state index contributed by atoms with van der Waals surface area (Å²) in [5, 5.41) is 5.91. The van der Waals surface area contributed by atoms with Gasteiger partial charge in [0.25, 0.3) is 0 Å². The molecule has 1 nitrogen and oxygen atoms in total. The summed E-state index contributed by atoms with van der Waals surface area (Å²) >= 11 is 0. The minimum atomic E-state index is 0.576. The fourth-order valence-electron chi connectivity index (χ4n) is 2.61. The smallest absolute Gasteiger partial charge is 0.00170 e. The van der Waals surface area contributed by atoms with E-state index in [1.54, 1.807) is 0 Å². The number of hydrogen-bond donors (Lipinski definition) is 1. The van der Waals surface area contributed by atoms with Crippen molar-refractivity contribution in [1.82, 2.24) is 5.32 Å². The molecule has 1 heteroatoms. The minimum absolute atomic E-state index is 0.576. The standard InChI is InChI=1S/C18H27N/c1-7-15(12-19-6)16-10-14(5)18(8-2)17(11-16)9-13(3)4/h8-11,15,19H,3,7,12H2,1-2,4-6H3/b17-9-,18-8-. The van der Waals surface area contributed by atoms with E-state index in [0.717, 1.165) is 18.5 Å². The second kappa shape index (κ2) is 7.30. The molecule has 1 unspecified atom stereocenters. The van der Waals surface area contributed by atoms with Crippen LogP contribution in [-0.2, 0) is 0 Å². The average molecular weight is 257 g/mol. The van der Waals surface area contributed by atoms with Gasteiger partial charge in [-0.05, 0) is 61.7 Å². The Morgan fingerprint density at radius 1 is 1.42 bits per heavy atom. The Balaban J connectivity index is 3.47. The van der Waals surface area contributed by atoms with E-state index in [-0.39, 0.29) is 0 Å². The molecule has 0 saturated heterocycles. The van der Waals surface area contributed by atoms with Gasteiger partial charge in [-0.25, -0.2) is 0 Å². The number of aryl methyl sites for hydroxylation is 1. The Morgan fingerprint density at radius 2 is 2.11 bits per heavy atom. The monoisotopic (exact) mass is 257 g/mol. The van der Waals surface area contributed by atoms with Crippen LogP contribution in [0, 0.1) is 6.92 Å². The molecule has 1 rings (SSSR count). The highest BCUT2D eigenvalue weighted by Gasteiger charge is 2.09. The second-order valence-electron chi connectivity index (χ2n) is 5.28. The van der Waals surface area contributed by atoms with Crippen LogP contribution in [-0.4, -0.2) is 13.6 Å². The van der Waals surface area contributed by atoms with Crippen LogP contribution in [0.4, 0.5) is 0 Å². The van der Waals surface area contributed by atoms with Gasteiger partial charge in [0.2, 0.25) is 0 Å². The summed E-state index contributed by atoms with van der Waals surface area (Å²) in [6.45, 7) is 13.6. The molecule has 0 aliphatic carbocycles. The minimum Gasteiger partial charge on any atom is -0.319 e. The second-order valence-corrected chi connectivity index (χ2v) is 5.28. The molecule has 0 aliphatic heterocycles. The van der Waals surface area contributed by atoms with Gasteiger partial charge in [-0.2, -0.15) is 0 Å². The van der Waals surface area contributed by atoms with Gasteiger partial charge in [0, 0.05) is 6.54 Å². The molecule has 1 aromatic rings. The molecule has 0 fully saturated rings. The zero-order valence-corrected chi connectivity index (χ0v) is 13.0. The van der Waals surface area contributed by atoms with Crippen LogP contribution in [0.2, 0.25) is 0 Å². The Kier molecular flexibility index (Phi) is 6.04. The number of likely N-dealkylation sites (N-methyl/N-ethyl adjacent to an activating group) is 1. The zero-order valence-electron chi connectivity index (χ0n) is 13.0. The predicted molar refractivity (Wildman–Crippen MR) is 86.8 cm³/mol. The van der Waals surface area contributed by atoms with Crippen molar-refractivity contribution in [3.05, 3.63) is 45.8 Å². The normalized spacial score (nSPS) is 14.8. The summed E-state index contributed by atoms with van der Waals surface area (Å²) in [4.78, 5) is 0. The third-order valence-electron chi connectivity index (χ3n) is 3.55. The summed E-state index contributed by atoms with van der Waals surface area (Å²) in [6, 6.07) is 4.65. The molecule has 104 valence electrons. The lowest BCUT2D eigenvalue weighted by Crippen LogP contribution is -2.29. The highest BCUT2D eigenvalue weighted by atomic mass is 14.8. The number of rotatable bonds is 5. The van der Waals surface area contributed by atoms with Crippen LogP contribution in [0.25, 0.3) is 12.2 Å². The first-order valence-electron chi connectivity index (χ1n) is 7.12. The lowest BCUT2D eigenvalue weighted by molar-refractivity contribution is 0.611. The predicted octanol–water partition coefficient (Wildman–Crippen LogP) is 2.87. The third kappa shape index (κ3) is 4.07. The number of benzene rings is 1. The van der Waals surface area contributed by atoms with Gasteiger partial charge in [0.1, 0.15) is 0 Å². The Morgan fingerprint density at radius 3 is 2.58 bits per heavy atom. The van der Waals surface area contributed by atoms with E-state index in [0.29, 0.717) is 5.92 Å². The molecule has 0 spiro atoms. The Bertz CT molecular complexity index is 552. The van der Waals surface area contributed by atoms with Crippen molar-refractivity contribution in [2.75, 3.05) is 13.6 Å². The van der Waals surface area contributed by atoms with E-state index in [9.17, 15) is 0 Å². The zero-order chi connectivity index (χ0) is 14.4. The molecule has 0 aliphatic rings. The molecule has 0 heterocycles. The molecular formula is C18H27N. The van der Waals surface area contributed by atoms with Crippen molar-refractivity contribution in [3.8, 4) is 0 Å². The van der Waals surface area contributed by atoms with Crippen molar-refractivity contribution in [2.24, 2.45) is 0 Å². The van der Waals surface area contributed by atoms with Crippen molar-refractivity contribution < 1.29 is 0 Å². The van der Waals surface area contributed by atoms with E-state index in [2.05, 4.69) is 57.0 Å². The molecule has 0 amide bonds. The highest BCUT2D eigenvalue weighted by molar-refractivity contribution is 5.47. The van der Waals surface area contributed by atoms with Gasteiger partial charge in [-0.3, -0.25) is 0 Å². The molecule has 0 radical (unpaired) electrons. The van der Waals surface area contributed by atoms with E-state index < -0.39 is 0 Å². The molecule has 0 bridgehead atoms. The Labute approximate surface area is 117 Å². The van der Waals surface area contributed by atoms with Gasteiger partial charge in [0.05, 0.1) is 0 Å². The first-order chi connectivity index (χ1) is 9.03. The molecule has 0 saturated carbocycles. The van der Waals surface area contributed by atoms with E-state index in [1.165, 1.54) is 21.6 Å². The van der Waals surface area contributed by atoms with E-state index >= 15 is 0 Å². The fourth-order valence-corrected chi connectivity index (χ4v) is 2.61. The maximum atomic E-state index is 4.00. The maximum absolute atomic E-state index is 4.00. The molecule has 1 atom stereocenters. The van der Waals surface area contributed by atoms with Gasteiger partial charge >= 0.3 is 0 Å². The molecule has 0 aromatic heterocycles. The molecule has 19 heavy (non-hydrogen) atoms. The van der Waals surface area contributed by atoms with E-state index in [4.69, 9.17) is 0 Å².